The van der Waals surface area contributed by atoms with E-state index in [1.54, 1.807) is 13.8 Å². The van der Waals surface area contributed by atoms with Crippen molar-refractivity contribution in [3.8, 4) is 0 Å². The number of carboxylic acids is 1. The average molecular weight is 214 g/mol. The average Bonchev–Trinajstić information content (AvgIpc) is 2.48. The molecular weight excluding hydrogens is 204 g/mol. The Labute approximate surface area is 85.1 Å². The zero-order valence-corrected chi connectivity index (χ0v) is 8.68. The predicted octanol–water partition coefficient (Wildman–Crippen LogP) is 1.93. The first-order chi connectivity index (χ1) is 6.56. The molecule has 4 nitrogen and oxygen atoms in total. The second kappa shape index (κ2) is 4.23. The van der Waals surface area contributed by atoms with E-state index in [-0.39, 0.29) is 4.88 Å². The van der Waals surface area contributed by atoms with Gasteiger partial charge in [-0.2, -0.15) is 0 Å². The molecule has 0 fully saturated rings. The van der Waals surface area contributed by atoms with Gasteiger partial charge in [0, 0.05) is 0 Å². The summed E-state index contributed by atoms with van der Waals surface area (Å²) in [5, 5.41) is 8.69. The van der Waals surface area contributed by atoms with Gasteiger partial charge in [-0.15, -0.1) is 11.3 Å². The number of carbonyl (C=O) groups is 2. The van der Waals surface area contributed by atoms with E-state index >= 15 is 0 Å². The summed E-state index contributed by atoms with van der Waals surface area (Å²) in [4.78, 5) is 22.4. The number of aromatic carboxylic acids is 1. The van der Waals surface area contributed by atoms with Gasteiger partial charge in [-0.25, -0.2) is 9.59 Å². The molecule has 0 aliphatic carbocycles. The molecule has 14 heavy (non-hydrogen) atoms. The Bertz CT molecular complexity index is 367. The maximum Gasteiger partial charge on any atom is 0.348 e. The molecule has 76 valence electrons. The Morgan fingerprint density at radius 3 is 2.64 bits per heavy atom. The molecule has 0 bridgehead atoms. The zero-order valence-electron chi connectivity index (χ0n) is 7.86. The summed E-state index contributed by atoms with van der Waals surface area (Å²) in [7, 11) is 0. The van der Waals surface area contributed by atoms with Gasteiger partial charge in [0.15, 0.2) is 0 Å². The predicted molar refractivity (Wildman–Crippen MR) is 52.0 cm³/mol. The molecule has 0 aliphatic rings. The van der Waals surface area contributed by atoms with E-state index in [0.717, 1.165) is 11.3 Å². The number of hydrogen-bond acceptors (Lipinski definition) is 4. The highest BCUT2D eigenvalue weighted by molar-refractivity contribution is 7.16. The molecule has 0 aliphatic heterocycles. The van der Waals surface area contributed by atoms with Crippen molar-refractivity contribution in [3.63, 3.8) is 0 Å². The van der Waals surface area contributed by atoms with Crippen LogP contribution in [0, 0.1) is 6.92 Å². The molecule has 1 heterocycles. The lowest BCUT2D eigenvalue weighted by Crippen LogP contribution is -2.03. The second-order valence-electron chi connectivity index (χ2n) is 2.65. The van der Waals surface area contributed by atoms with Crippen LogP contribution in [-0.2, 0) is 4.74 Å². The third kappa shape index (κ3) is 2.11. The number of carboxylic acid groups (broad SMARTS) is 1. The Hall–Kier alpha value is -1.36. The molecule has 1 aromatic heterocycles. The van der Waals surface area contributed by atoms with E-state index in [4.69, 9.17) is 9.84 Å². The Kier molecular flexibility index (Phi) is 3.24. The number of rotatable bonds is 3. The number of thiophene rings is 1. The van der Waals surface area contributed by atoms with Gasteiger partial charge >= 0.3 is 11.9 Å². The third-order valence-electron chi connectivity index (χ3n) is 1.59. The first-order valence-corrected chi connectivity index (χ1v) is 4.88. The lowest BCUT2D eigenvalue weighted by Gasteiger charge is -1.98. The first-order valence-electron chi connectivity index (χ1n) is 4.07. The van der Waals surface area contributed by atoms with Crippen LogP contribution in [-0.4, -0.2) is 23.7 Å². The standard InChI is InChI=1S/C9H10O4S/c1-3-13-9(12)7-5(2)4-6(14-7)8(10)11/h4H,3H2,1-2H3,(H,10,11). The number of hydrogen-bond donors (Lipinski definition) is 1. The van der Waals surface area contributed by atoms with Crippen molar-refractivity contribution < 1.29 is 19.4 Å². The molecule has 0 spiro atoms. The topological polar surface area (TPSA) is 63.6 Å². The van der Waals surface area contributed by atoms with Crippen molar-refractivity contribution in [2.45, 2.75) is 13.8 Å². The van der Waals surface area contributed by atoms with E-state index in [9.17, 15) is 9.59 Å². The molecule has 5 heteroatoms. The summed E-state index contributed by atoms with van der Waals surface area (Å²) in [5.74, 6) is -1.48. The first kappa shape index (κ1) is 10.7. The molecule has 1 N–H and O–H groups in total. The van der Waals surface area contributed by atoms with Crippen molar-refractivity contribution in [1.29, 1.82) is 0 Å². The van der Waals surface area contributed by atoms with E-state index in [2.05, 4.69) is 0 Å². The smallest absolute Gasteiger partial charge is 0.348 e. The van der Waals surface area contributed by atoms with Gasteiger partial charge in [0.25, 0.3) is 0 Å². The second-order valence-corrected chi connectivity index (χ2v) is 3.70. The molecule has 1 rings (SSSR count). The minimum absolute atomic E-state index is 0.158. The van der Waals surface area contributed by atoms with Crippen LogP contribution >= 0.6 is 11.3 Å². The number of esters is 1. The minimum Gasteiger partial charge on any atom is -0.477 e. The molecule has 0 radical (unpaired) electrons. The maximum atomic E-state index is 11.3. The van der Waals surface area contributed by atoms with Gasteiger partial charge in [-0.1, -0.05) is 0 Å². The number of ether oxygens (including phenoxy) is 1. The summed E-state index contributed by atoms with van der Waals surface area (Å²) < 4.78 is 4.78. The maximum absolute atomic E-state index is 11.3. The molecule has 0 unspecified atom stereocenters. The van der Waals surface area contributed by atoms with Gasteiger partial charge in [-0.05, 0) is 25.5 Å². The summed E-state index contributed by atoms with van der Waals surface area (Å²) in [6.45, 7) is 3.69. The van der Waals surface area contributed by atoms with Crippen LogP contribution in [0.1, 0.15) is 31.8 Å². The van der Waals surface area contributed by atoms with Gasteiger partial charge in [-0.3, -0.25) is 0 Å². The van der Waals surface area contributed by atoms with Gasteiger partial charge in [0.05, 0.1) is 6.61 Å². The zero-order chi connectivity index (χ0) is 10.7. The SMILES string of the molecule is CCOC(=O)c1sc(C(=O)O)cc1C. The fourth-order valence-corrected chi connectivity index (χ4v) is 1.89. The van der Waals surface area contributed by atoms with E-state index in [0.29, 0.717) is 17.0 Å². The van der Waals surface area contributed by atoms with Crippen molar-refractivity contribution in [2.24, 2.45) is 0 Å². The Morgan fingerprint density at radius 1 is 1.57 bits per heavy atom. The minimum atomic E-state index is -1.02. The fraction of sp³-hybridized carbons (Fsp3) is 0.333. The normalized spacial score (nSPS) is 9.86. The summed E-state index contributed by atoms with van der Waals surface area (Å²) in [6, 6.07) is 1.47. The van der Waals surface area contributed by atoms with Crippen LogP contribution in [0.4, 0.5) is 0 Å². The monoisotopic (exact) mass is 214 g/mol. The Morgan fingerprint density at radius 2 is 2.21 bits per heavy atom. The van der Waals surface area contributed by atoms with Crippen LogP contribution in [0.25, 0.3) is 0 Å². The highest BCUT2D eigenvalue weighted by atomic mass is 32.1. The summed E-state index contributed by atoms with van der Waals surface area (Å²) in [5.41, 5.74) is 0.644. The number of carbonyl (C=O) groups excluding carboxylic acids is 1. The van der Waals surface area contributed by atoms with Gasteiger partial charge in [0.1, 0.15) is 9.75 Å². The lowest BCUT2D eigenvalue weighted by atomic mass is 10.2. The van der Waals surface area contributed by atoms with Crippen LogP contribution in [0.2, 0.25) is 0 Å². The van der Waals surface area contributed by atoms with Crippen molar-refractivity contribution in [3.05, 3.63) is 21.4 Å². The highest BCUT2D eigenvalue weighted by Gasteiger charge is 2.17. The van der Waals surface area contributed by atoms with Gasteiger partial charge in [0.2, 0.25) is 0 Å². The lowest BCUT2D eigenvalue weighted by molar-refractivity contribution is 0.0531. The fourth-order valence-electron chi connectivity index (χ4n) is 0.987. The molecule has 0 aromatic carbocycles. The molecule has 0 saturated heterocycles. The van der Waals surface area contributed by atoms with E-state index in [1.165, 1.54) is 6.07 Å². The van der Waals surface area contributed by atoms with Gasteiger partial charge < -0.3 is 9.84 Å². The molecule has 0 atom stereocenters. The largest absolute Gasteiger partial charge is 0.477 e. The van der Waals surface area contributed by atoms with Crippen LogP contribution < -0.4 is 0 Å². The molecule has 0 amide bonds. The van der Waals surface area contributed by atoms with Crippen LogP contribution in [0.3, 0.4) is 0 Å². The Balaban J connectivity index is 2.98. The molecular formula is C9H10O4S. The van der Waals surface area contributed by atoms with Crippen molar-refractivity contribution >= 4 is 23.3 Å². The number of aryl methyl sites for hydroxylation is 1. The van der Waals surface area contributed by atoms with Crippen molar-refractivity contribution in [2.75, 3.05) is 6.61 Å². The highest BCUT2D eigenvalue weighted by Crippen LogP contribution is 2.22. The summed E-state index contributed by atoms with van der Waals surface area (Å²) >= 11 is 0.942. The van der Waals surface area contributed by atoms with Crippen LogP contribution in [0.5, 0.6) is 0 Å². The van der Waals surface area contributed by atoms with E-state index in [1.807, 2.05) is 0 Å². The van der Waals surface area contributed by atoms with Crippen LogP contribution in [0.15, 0.2) is 6.07 Å². The van der Waals surface area contributed by atoms with Crippen molar-refractivity contribution in [1.82, 2.24) is 0 Å². The molecule has 0 saturated carbocycles. The quantitative estimate of drug-likeness (QED) is 0.781. The summed E-state index contributed by atoms with van der Waals surface area (Å²) in [6.07, 6.45) is 0. The molecule has 1 aromatic rings. The third-order valence-corrected chi connectivity index (χ3v) is 2.79. The van der Waals surface area contributed by atoms with E-state index < -0.39 is 11.9 Å².